The van der Waals surface area contributed by atoms with E-state index < -0.39 is 10.0 Å². The molecule has 0 radical (unpaired) electrons. The highest BCUT2D eigenvalue weighted by molar-refractivity contribution is 7.93. The average molecular weight is 444 g/mol. The van der Waals surface area contributed by atoms with Gasteiger partial charge in [-0.1, -0.05) is 54.1 Å². The van der Waals surface area contributed by atoms with Crippen LogP contribution in [0.15, 0.2) is 65.6 Å². The SMILES string of the molecule is CN(C)C(CNC(=O)CN1c2cccc3cccc(c23)S1(=O)=O)c1ccccc1Cl. The van der Waals surface area contributed by atoms with Gasteiger partial charge in [0.15, 0.2) is 0 Å². The summed E-state index contributed by atoms with van der Waals surface area (Å²) in [7, 11) is 0.0440. The van der Waals surface area contributed by atoms with Crippen molar-refractivity contribution in [3.8, 4) is 0 Å². The van der Waals surface area contributed by atoms with Crippen molar-refractivity contribution < 1.29 is 13.2 Å². The molecule has 156 valence electrons. The molecule has 1 aliphatic rings. The van der Waals surface area contributed by atoms with Crippen molar-refractivity contribution in [2.24, 2.45) is 0 Å². The molecule has 0 spiro atoms. The molecule has 30 heavy (non-hydrogen) atoms. The zero-order valence-corrected chi connectivity index (χ0v) is 18.2. The van der Waals surface area contributed by atoms with Crippen molar-refractivity contribution in [2.75, 3.05) is 31.5 Å². The lowest BCUT2D eigenvalue weighted by Gasteiger charge is -2.26. The Morgan fingerprint density at radius 2 is 1.77 bits per heavy atom. The van der Waals surface area contributed by atoms with Gasteiger partial charge in [-0.25, -0.2) is 8.42 Å². The summed E-state index contributed by atoms with van der Waals surface area (Å²) in [5.74, 6) is -0.373. The summed E-state index contributed by atoms with van der Waals surface area (Å²) in [4.78, 5) is 14.9. The van der Waals surface area contributed by atoms with E-state index in [0.717, 1.165) is 10.9 Å². The molecule has 1 atom stereocenters. The lowest BCUT2D eigenvalue weighted by molar-refractivity contribution is -0.119. The second kappa shape index (κ2) is 7.91. The van der Waals surface area contributed by atoms with Gasteiger partial charge in [0.1, 0.15) is 6.54 Å². The van der Waals surface area contributed by atoms with Gasteiger partial charge < -0.3 is 10.2 Å². The quantitative estimate of drug-likeness (QED) is 0.633. The first kappa shape index (κ1) is 20.7. The fourth-order valence-corrected chi connectivity index (χ4v) is 5.77. The lowest BCUT2D eigenvalue weighted by Crippen LogP contribution is -2.42. The number of sulfonamides is 1. The van der Waals surface area contributed by atoms with E-state index in [9.17, 15) is 13.2 Å². The van der Waals surface area contributed by atoms with Crippen molar-refractivity contribution in [1.82, 2.24) is 10.2 Å². The first-order valence-electron chi connectivity index (χ1n) is 9.53. The van der Waals surface area contributed by atoms with Gasteiger partial charge in [-0.3, -0.25) is 9.10 Å². The minimum atomic E-state index is -3.77. The molecular formula is C22H22ClN3O3S. The maximum absolute atomic E-state index is 13.0. The molecule has 0 saturated heterocycles. The minimum Gasteiger partial charge on any atom is -0.353 e. The number of nitrogens with one attached hydrogen (secondary N) is 1. The molecule has 0 aromatic heterocycles. The van der Waals surface area contributed by atoms with E-state index in [-0.39, 0.29) is 23.4 Å². The number of rotatable bonds is 6. The van der Waals surface area contributed by atoms with Crippen LogP contribution in [0.5, 0.6) is 0 Å². The molecule has 0 bridgehead atoms. The monoisotopic (exact) mass is 443 g/mol. The van der Waals surface area contributed by atoms with Gasteiger partial charge in [0.2, 0.25) is 5.91 Å². The number of carbonyl (C=O) groups excluding carboxylic acids is 1. The Labute approximate surface area is 181 Å². The van der Waals surface area contributed by atoms with Crippen molar-refractivity contribution >= 4 is 44.0 Å². The first-order valence-corrected chi connectivity index (χ1v) is 11.3. The van der Waals surface area contributed by atoms with Crippen LogP contribution in [0.2, 0.25) is 5.02 Å². The summed E-state index contributed by atoms with van der Waals surface area (Å²) in [6, 6.07) is 17.9. The third-order valence-electron chi connectivity index (χ3n) is 5.35. The molecule has 1 N–H and O–H groups in total. The molecular weight excluding hydrogens is 422 g/mol. The third-order valence-corrected chi connectivity index (χ3v) is 7.49. The van der Waals surface area contributed by atoms with E-state index in [4.69, 9.17) is 11.6 Å². The van der Waals surface area contributed by atoms with E-state index in [2.05, 4.69) is 5.32 Å². The fourth-order valence-electron chi connectivity index (χ4n) is 3.84. The predicted molar refractivity (Wildman–Crippen MR) is 119 cm³/mol. The van der Waals surface area contributed by atoms with Gasteiger partial charge in [0.25, 0.3) is 10.0 Å². The zero-order valence-electron chi connectivity index (χ0n) is 16.7. The highest BCUT2D eigenvalue weighted by Crippen LogP contribution is 2.41. The van der Waals surface area contributed by atoms with Gasteiger partial charge in [0, 0.05) is 17.0 Å². The summed E-state index contributed by atoms with van der Waals surface area (Å²) in [6.07, 6.45) is 0. The zero-order chi connectivity index (χ0) is 21.5. The van der Waals surface area contributed by atoms with Crippen molar-refractivity contribution in [1.29, 1.82) is 0 Å². The molecule has 1 amide bonds. The van der Waals surface area contributed by atoms with Crippen LogP contribution in [0.4, 0.5) is 5.69 Å². The predicted octanol–water partition coefficient (Wildman–Crippen LogP) is 3.42. The summed E-state index contributed by atoms with van der Waals surface area (Å²) >= 11 is 6.32. The van der Waals surface area contributed by atoms with E-state index >= 15 is 0 Å². The van der Waals surface area contributed by atoms with Crippen LogP contribution < -0.4 is 9.62 Å². The summed E-state index contributed by atoms with van der Waals surface area (Å²) in [5, 5.41) is 4.99. The number of hydrogen-bond donors (Lipinski definition) is 1. The van der Waals surface area contributed by atoms with Crippen molar-refractivity contribution in [2.45, 2.75) is 10.9 Å². The maximum Gasteiger partial charge on any atom is 0.265 e. The Hall–Kier alpha value is -2.61. The number of likely N-dealkylation sites (N-methyl/N-ethyl adjacent to an activating group) is 1. The summed E-state index contributed by atoms with van der Waals surface area (Å²) in [5.41, 5.74) is 1.43. The van der Waals surface area contributed by atoms with Gasteiger partial charge in [0.05, 0.1) is 16.6 Å². The van der Waals surface area contributed by atoms with Crippen LogP contribution in [-0.4, -0.2) is 46.4 Å². The largest absolute Gasteiger partial charge is 0.353 e. The Balaban J connectivity index is 1.54. The van der Waals surface area contributed by atoms with Crippen LogP contribution in [-0.2, 0) is 14.8 Å². The van der Waals surface area contributed by atoms with Crippen LogP contribution in [0.25, 0.3) is 10.8 Å². The van der Waals surface area contributed by atoms with Crippen molar-refractivity contribution in [3.05, 3.63) is 71.2 Å². The minimum absolute atomic E-state index is 0.140. The van der Waals surface area contributed by atoms with Crippen molar-refractivity contribution in [3.63, 3.8) is 0 Å². The molecule has 8 heteroatoms. The van der Waals surface area contributed by atoms with Crippen LogP contribution in [0.1, 0.15) is 11.6 Å². The number of amides is 1. The molecule has 0 saturated carbocycles. The van der Waals surface area contributed by atoms with Gasteiger partial charge in [-0.2, -0.15) is 0 Å². The second-order valence-electron chi connectivity index (χ2n) is 7.45. The Morgan fingerprint density at radius 3 is 2.47 bits per heavy atom. The number of benzene rings is 3. The Kier molecular flexibility index (Phi) is 5.44. The van der Waals surface area contributed by atoms with Gasteiger partial charge in [-0.15, -0.1) is 0 Å². The number of hydrogen-bond acceptors (Lipinski definition) is 4. The molecule has 4 rings (SSSR count). The Bertz CT molecular complexity index is 1220. The van der Waals surface area contributed by atoms with Crippen LogP contribution in [0, 0.1) is 0 Å². The number of nitrogens with zero attached hydrogens (tertiary/aromatic N) is 2. The molecule has 3 aromatic carbocycles. The average Bonchev–Trinajstić information content (AvgIpc) is 2.92. The van der Waals surface area contributed by atoms with E-state index in [1.807, 2.05) is 55.4 Å². The standard InChI is InChI=1S/C22H22ClN3O3S/c1-25(2)19(16-9-3-4-10-17(16)23)13-24-21(27)14-26-18-11-5-7-15-8-6-12-20(22(15)18)30(26,28)29/h3-12,19H,13-14H2,1-2H3,(H,24,27). The molecule has 0 aliphatic carbocycles. The lowest BCUT2D eigenvalue weighted by atomic mass is 10.1. The van der Waals surface area contributed by atoms with Crippen LogP contribution >= 0.6 is 11.6 Å². The molecule has 6 nitrogen and oxygen atoms in total. The molecule has 1 aliphatic heterocycles. The van der Waals surface area contributed by atoms with E-state index in [1.54, 1.807) is 24.3 Å². The highest BCUT2D eigenvalue weighted by Gasteiger charge is 2.36. The smallest absolute Gasteiger partial charge is 0.265 e. The number of halogens is 1. The third kappa shape index (κ3) is 3.53. The molecule has 3 aromatic rings. The second-order valence-corrected chi connectivity index (χ2v) is 9.69. The highest BCUT2D eigenvalue weighted by atomic mass is 35.5. The molecule has 1 unspecified atom stereocenters. The summed E-state index contributed by atoms with van der Waals surface area (Å²) < 4.78 is 27.2. The van der Waals surface area contributed by atoms with Gasteiger partial charge in [-0.05, 0) is 43.2 Å². The van der Waals surface area contributed by atoms with E-state index in [1.165, 1.54) is 4.31 Å². The van der Waals surface area contributed by atoms with E-state index in [0.29, 0.717) is 22.6 Å². The normalized spacial score (nSPS) is 15.5. The molecule has 1 heterocycles. The topological polar surface area (TPSA) is 69.7 Å². The summed E-state index contributed by atoms with van der Waals surface area (Å²) in [6.45, 7) is 0.0272. The van der Waals surface area contributed by atoms with Crippen LogP contribution in [0.3, 0.4) is 0 Å². The first-order chi connectivity index (χ1) is 14.3. The number of anilines is 1. The fraction of sp³-hybridized carbons (Fsp3) is 0.227. The molecule has 0 fully saturated rings. The maximum atomic E-state index is 13.0. The Morgan fingerprint density at radius 1 is 1.07 bits per heavy atom. The number of carbonyl (C=O) groups is 1. The van der Waals surface area contributed by atoms with Gasteiger partial charge >= 0.3 is 0 Å².